The lowest BCUT2D eigenvalue weighted by molar-refractivity contribution is -0.190. The molecule has 88 valence electrons. The molecule has 16 heavy (non-hydrogen) atoms. The minimum absolute atomic E-state index is 0.373. The Hall–Kier alpha value is -0.980. The molecule has 0 amide bonds. The van der Waals surface area contributed by atoms with E-state index in [4.69, 9.17) is 14.0 Å². The molecule has 1 aromatic rings. The van der Waals surface area contributed by atoms with Crippen molar-refractivity contribution in [3.05, 3.63) is 12.2 Å². The molecule has 2 fully saturated rings. The van der Waals surface area contributed by atoms with Gasteiger partial charge in [0.25, 0.3) is 0 Å². The minimum Gasteiger partial charge on any atom is -0.346 e. The second-order valence-corrected chi connectivity index (χ2v) is 4.27. The predicted octanol–water partition coefficient (Wildman–Crippen LogP) is 0.408. The van der Waals surface area contributed by atoms with Gasteiger partial charge in [0.05, 0.1) is 26.3 Å². The number of likely N-dealkylation sites (tertiary alicyclic amines) is 1. The van der Waals surface area contributed by atoms with Crippen LogP contribution in [0.25, 0.3) is 0 Å². The summed E-state index contributed by atoms with van der Waals surface area (Å²) in [7, 11) is 0. The average molecular weight is 225 g/mol. The third-order valence-electron chi connectivity index (χ3n) is 3.08. The number of aromatic nitrogens is 2. The zero-order chi connectivity index (χ0) is 10.8. The maximum absolute atomic E-state index is 5.70. The Labute approximate surface area is 93.5 Å². The fourth-order valence-electron chi connectivity index (χ4n) is 2.40. The summed E-state index contributed by atoms with van der Waals surface area (Å²) in [6.07, 6.45) is 3.42. The summed E-state index contributed by atoms with van der Waals surface area (Å²) < 4.78 is 16.1. The lowest BCUT2D eigenvalue weighted by Gasteiger charge is -2.37. The van der Waals surface area contributed by atoms with Crippen LogP contribution in [0.5, 0.6) is 0 Å². The van der Waals surface area contributed by atoms with E-state index in [1.807, 2.05) is 0 Å². The van der Waals surface area contributed by atoms with E-state index in [1.165, 1.54) is 6.39 Å². The molecule has 6 heteroatoms. The average Bonchev–Trinajstić information content (AvgIpc) is 2.91. The molecule has 0 aromatic carbocycles. The molecule has 0 atom stereocenters. The van der Waals surface area contributed by atoms with Crippen molar-refractivity contribution >= 4 is 0 Å². The molecule has 2 aliphatic heterocycles. The first-order valence-corrected chi connectivity index (χ1v) is 5.62. The second kappa shape index (κ2) is 4.12. The SMILES string of the molecule is c1nc(CN2CCCC3(C2)OCCO3)no1. The molecule has 0 N–H and O–H groups in total. The molecule has 6 nitrogen and oxygen atoms in total. The van der Waals surface area contributed by atoms with Crippen LogP contribution in [0.4, 0.5) is 0 Å². The lowest BCUT2D eigenvalue weighted by atomic mass is 10.0. The van der Waals surface area contributed by atoms with Gasteiger partial charge < -0.3 is 14.0 Å². The van der Waals surface area contributed by atoms with Crippen LogP contribution in [-0.4, -0.2) is 47.1 Å². The molecule has 1 spiro atoms. The van der Waals surface area contributed by atoms with E-state index in [1.54, 1.807) is 0 Å². The van der Waals surface area contributed by atoms with Crippen LogP contribution < -0.4 is 0 Å². The molecule has 2 saturated heterocycles. The fourth-order valence-corrected chi connectivity index (χ4v) is 2.40. The van der Waals surface area contributed by atoms with Crippen molar-refractivity contribution in [2.75, 3.05) is 26.3 Å². The Bertz CT molecular complexity index is 335. The van der Waals surface area contributed by atoms with Crippen molar-refractivity contribution in [3.63, 3.8) is 0 Å². The summed E-state index contributed by atoms with van der Waals surface area (Å²) in [6, 6.07) is 0. The van der Waals surface area contributed by atoms with E-state index in [0.29, 0.717) is 19.8 Å². The van der Waals surface area contributed by atoms with Gasteiger partial charge in [-0.25, -0.2) is 0 Å². The van der Waals surface area contributed by atoms with Gasteiger partial charge in [-0.1, -0.05) is 5.16 Å². The number of ether oxygens (including phenoxy) is 2. The van der Waals surface area contributed by atoms with Crippen molar-refractivity contribution in [3.8, 4) is 0 Å². The topological polar surface area (TPSA) is 60.6 Å². The van der Waals surface area contributed by atoms with Crippen LogP contribution in [0.1, 0.15) is 18.7 Å². The highest BCUT2D eigenvalue weighted by atomic mass is 16.7. The summed E-state index contributed by atoms with van der Waals surface area (Å²) in [4.78, 5) is 6.27. The van der Waals surface area contributed by atoms with Crippen LogP contribution >= 0.6 is 0 Å². The monoisotopic (exact) mass is 225 g/mol. The Kier molecular flexibility index (Phi) is 2.62. The molecule has 3 rings (SSSR count). The van der Waals surface area contributed by atoms with Crippen molar-refractivity contribution < 1.29 is 14.0 Å². The van der Waals surface area contributed by atoms with Gasteiger partial charge in [-0.05, 0) is 13.0 Å². The van der Waals surface area contributed by atoms with Crippen molar-refractivity contribution in [1.29, 1.82) is 0 Å². The number of nitrogens with zero attached hydrogens (tertiary/aromatic N) is 3. The summed E-state index contributed by atoms with van der Waals surface area (Å²) in [5.41, 5.74) is 0. The van der Waals surface area contributed by atoms with Gasteiger partial charge in [0, 0.05) is 6.42 Å². The van der Waals surface area contributed by atoms with E-state index in [9.17, 15) is 0 Å². The second-order valence-electron chi connectivity index (χ2n) is 4.27. The zero-order valence-electron chi connectivity index (χ0n) is 9.09. The van der Waals surface area contributed by atoms with Crippen LogP contribution in [-0.2, 0) is 16.0 Å². The molecule has 0 aliphatic carbocycles. The number of hydrogen-bond acceptors (Lipinski definition) is 6. The summed E-state index contributed by atoms with van der Waals surface area (Å²) in [5, 5.41) is 3.82. The van der Waals surface area contributed by atoms with E-state index < -0.39 is 0 Å². The van der Waals surface area contributed by atoms with Crippen molar-refractivity contribution in [1.82, 2.24) is 15.0 Å². The smallest absolute Gasteiger partial charge is 0.213 e. The standard InChI is InChI=1S/C10H15N3O3/c1-2-10(14-4-5-15-10)7-13(3-1)6-9-11-8-16-12-9/h8H,1-7H2. The molecular weight excluding hydrogens is 210 g/mol. The van der Waals surface area contributed by atoms with Gasteiger partial charge in [0.2, 0.25) is 6.39 Å². The largest absolute Gasteiger partial charge is 0.346 e. The van der Waals surface area contributed by atoms with E-state index in [2.05, 4.69) is 15.0 Å². The molecule has 0 radical (unpaired) electrons. The summed E-state index contributed by atoms with van der Waals surface area (Å²) in [6.45, 7) is 3.93. The van der Waals surface area contributed by atoms with Gasteiger partial charge in [0.15, 0.2) is 11.6 Å². The van der Waals surface area contributed by atoms with Crippen LogP contribution in [0.2, 0.25) is 0 Å². The van der Waals surface area contributed by atoms with Crippen LogP contribution in [0.15, 0.2) is 10.9 Å². The van der Waals surface area contributed by atoms with Crippen molar-refractivity contribution in [2.24, 2.45) is 0 Å². The first-order valence-electron chi connectivity index (χ1n) is 5.62. The van der Waals surface area contributed by atoms with Gasteiger partial charge in [-0.2, -0.15) is 4.98 Å². The third-order valence-corrected chi connectivity index (χ3v) is 3.08. The van der Waals surface area contributed by atoms with Crippen molar-refractivity contribution in [2.45, 2.75) is 25.2 Å². The van der Waals surface area contributed by atoms with E-state index in [0.717, 1.165) is 31.8 Å². The summed E-state index contributed by atoms with van der Waals surface area (Å²) in [5.74, 6) is 0.345. The molecule has 0 unspecified atom stereocenters. The highest BCUT2D eigenvalue weighted by molar-refractivity contribution is 4.87. The maximum atomic E-state index is 5.70. The molecule has 0 saturated carbocycles. The first-order chi connectivity index (χ1) is 7.86. The maximum Gasteiger partial charge on any atom is 0.213 e. The predicted molar refractivity (Wildman–Crippen MR) is 53.4 cm³/mol. The Morgan fingerprint density at radius 3 is 3.00 bits per heavy atom. The Morgan fingerprint density at radius 2 is 2.25 bits per heavy atom. The van der Waals surface area contributed by atoms with Gasteiger partial charge >= 0.3 is 0 Å². The number of hydrogen-bond donors (Lipinski definition) is 0. The molecule has 0 bridgehead atoms. The number of rotatable bonds is 2. The van der Waals surface area contributed by atoms with E-state index >= 15 is 0 Å². The molecular formula is C10H15N3O3. The number of piperidine rings is 1. The Balaban J connectivity index is 1.63. The van der Waals surface area contributed by atoms with Gasteiger partial charge in [0.1, 0.15) is 0 Å². The molecule has 3 heterocycles. The van der Waals surface area contributed by atoms with E-state index in [-0.39, 0.29) is 5.79 Å². The summed E-state index contributed by atoms with van der Waals surface area (Å²) >= 11 is 0. The molecule has 1 aromatic heterocycles. The first kappa shape index (κ1) is 10.2. The Morgan fingerprint density at radius 1 is 1.38 bits per heavy atom. The van der Waals surface area contributed by atoms with Crippen LogP contribution in [0, 0.1) is 0 Å². The normalized spacial score (nSPS) is 25.2. The molecule has 2 aliphatic rings. The minimum atomic E-state index is -0.373. The third kappa shape index (κ3) is 1.95. The lowest BCUT2D eigenvalue weighted by Crippen LogP contribution is -2.48. The quantitative estimate of drug-likeness (QED) is 0.726. The highest BCUT2D eigenvalue weighted by Gasteiger charge is 2.40. The van der Waals surface area contributed by atoms with Gasteiger partial charge in [-0.3, -0.25) is 4.90 Å². The van der Waals surface area contributed by atoms with Crippen LogP contribution in [0.3, 0.4) is 0 Å². The van der Waals surface area contributed by atoms with Gasteiger partial charge in [-0.15, -0.1) is 0 Å². The fraction of sp³-hybridized carbons (Fsp3) is 0.800. The zero-order valence-corrected chi connectivity index (χ0v) is 9.09. The highest BCUT2D eigenvalue weighted by Crippen LogP contribution is 2.30.